The molecule has 2 aromatic carbocycles. The van der Waals surface area contributed by atoms with Crippen molar-refractivity contribution in [1.82, 2.24) is 15.6 Å². The highest BCUT2D eigenvalue weighted by molar-refractivity contribution is 7.80. The molecule has 0 saturated heterocycles. The van der Waals surface area contributed by atoms with Gasteiger partial charge in [0.1, 0.15) is 0 Å². The summed E-state index contributed by atoms with van der Waals surface area (Å²) in [4.78, 5) is 16.7. The Bertz CT molecular complexity index is 799. The Morgan fingerprint density at radius 3 is 2.16 bits per heavy atom. The number of pyridine rings is 1. The molecule has 4 nitrogen and oxygen atoms in total. The number of hydrogen-bond donors (Lipinski definition) is 2. The Morgan fingerprint density at radius 1 is 0.880 bits per heavy atom. The van der Waals surface area contributed by atoms with Gasteiger partial charge in [0.05, 0.1) is 11.7 Å². The molecule has 0 saturated carbocycles. The minimum Gasteiger partial charge on any atom is -0.350 e. The zero-order valence-corrected chi connectivity index (χ0v) is 14.2. The zero-order chi connectivity index (χ0) is 17.5. The van der Waals surface area contributed by atoms with Crippen LogP contribution < -0.4 is 10.6 Å². The maximum absolute atomic E-state index is 12.3. The molecule has 1 atom stereocenters. The number of thiocarbonyl (C=S) groups is 1. The number of benzene rings is 2. The van der Waals surface area contributed by atoms with Crippen molar-refractivity contribution >= 4 is 23.2 Å². The summed E-state index contributed by atoms with van der Waals surface area (Å²) in [5, 5.41) is 6.16. The summed E-state index contributed by atoms with van der Waals surface area (Å²) in [6.45, 7) is 0. The van der Waals surface area contributed by atoms with Crippen LogP contribution in [0.2, 0.25) is 0 Å². The van der Waals surface area contributed by atoms with E-state index in [1.54, 1.807) is 18.3 Å². The summed E-state index contributed by atoms with van der Waals surface area (Å²) in [7, 11) is 0. The van der Waals surface area contributed by atoms with E-state index in [4.69, 9.17) is 12.2 Å². The molecule has 0 aliphatic carbocycles. The lowest BCUT2D eigenvalue weighted by Gasteiger charge is -2.20. The second kappa shape index (κ2) is 8.17. The Kier molecular flexibility index (Phi) is 5.49. The molecule has 0 aliphatic rings. The standard InChI is InChI=1S/C20H17N3OS/c24-19(16-11-5-2-6-12-16)23-20(25)22-18(15-9-3-1-4-10-15)17-13-7-8-14-21-17/h1-14,18H,(H2,22,23,24,25). The zero-order valence-electron chi connectivity index (χ0n) is 13.4. The van der Waals surface area contributed by atoms with Crippen LogP contribution in [-0.2, 0) is 0 Å². The van der Waals surface area contributed by atoms with E-state index in [0.717, 1.165) is 11.3 Å². The molecule has 0 bridgehead atoms. The van der Waals surface area contributed by atoms with Crippen LogP contribution in [0.1, 0.15) is 27.7 Å². The molecule has 3 rings (SSSR count). The molecule has 124 valence electrons. The van der Waals surface area contributed by atoms with Gasteiger partial charge in [0, 0.05) is 11.8 Å². The maximum Gasteiger partial charge on any atom is 0.257 e. The molecule has 3 aromatic rings. The third-order valence-corrected chi connectivity index (χ3v) is 3.87. The molecule has 5 heteroatoms. The fraction of sp³-hybridized carbons (Fsp3) is 0.0500. The van der Waals surface area contributed by atoms with E-state index in [1.165, 1.54) is 0 Å². The van der Waals surface area contributed by atoms with E-state index in [1.807, 2.05) is 66.7 Å². The Hall–Kier alpha value is -3.05. The molecular formula is C20H17N3OS. The second-order valence-electron chi connectivity index (χ2n) is 5.39. The van der Waals surface area contributed by atoms with Crippen LogP contribution in [0.25, 0.3) is 0 Å². The molecule has 1 amide bonds. The number of carbonyl (C=O) groups excluding carboxylic acids is 1. The number of nitrogens with zero attached hydrogens (tertiary/aromatic N) is 1. The predicted octanol–water partition coefficient (Wildman–Crippen LogP) is 3.48. The summed E-state index contributed by atoms with van der Waals surface area (Å²) in [5.41, 5.74) is 2.39. The van der Waals surface area contributed by atoms with Gasteiger partial charge in [-0.1, -0.05) is 54.6 Å². The summed E-state index contributed by atoms with van der Waals surface area (Å²) < 4.78 is 0. The van der Waals surface area contributed by atoms with Crippen molar-refractivity contribution in [1.29, 1.82) is 0 Å². The van der Waals surface area contributed by atoms with Gasteiger partial charge in [0.15, 0.2) is 5.11 Å². The third-order valence-electron chi connectivity index (χ3n) is 3.65. The number of amides is 1. The third kappa shape index (κ3) is 4.49. The fourth-order valence-electron chi connectivity index (χ4n) is 2.45. The highest BCUT2D eigenvalue weighted by Crippen LogP contribution is 2.19. The summed E-state index contributed by atoms with van der Waals surface area (Å²) in [6.07, 6.45) is 1.73. The molecule has 0 radical (unpaired) electrons. The number of aromatic nitrogens is 1. The van der Waals surface area contributed by atoms with Crippen LogP contribution in [-0.4, -0.2) is 16.0 Å². The minimum absolute atomic E-state index is 0.244. The van der Waals surface area contributed by atoms with Gasteiger partial charge in [-0.2, -0.15) is 0 Å². The van der Waals surface area contributed by atoms with Crippen LogP contribution in [0.5, 0.6) is 0 Å². The molecule has 1 unspecified atom stereocenters. The molecular weight excluding hydrogens is 330 g/mol. The second-order valence-corrected chi connectivity index (χ2v) is 5.80. The van der Waals surface area contributed by atoms with E-state index in [-0.39, 0.29) is 17.1 Å². The molecule has 0 spiro atoms. The number of rotatable bonds is 4. The first kappa shape index (κ1) is 16.8. The SMILES string of the molecule is O=C(NC(=S)NC(c1ccccc1)c1ccccn1)c1ccccc1. The van der Waals surface area contributed by atoms with Crippen molar-refractivity contribution in [3.05, 3.63) is 102 Å². The number of carbonyl (C=O) groups is 1. The largest absolute Gasteiger partial charge is 0.350 e. The van der Waals surface area contributed by atoms with Crippen molar-refractivity contribution in [2.24, 2.45) is 0 Å². The quantitative estimate of drug-likeness (QED) is 0.710. The molecule has 25 heavy (non-hydrogen) atoms. The van der Waals surface area contributed by atoms with Gasteiger partial charge in [0.2, 0.25) is 0 Å². The van der Waals surface area contributed by atoms with E-state index in [9.17, 15) is 4.79 Å². The van der Waals surface area contributed by atoms with Crippen LogP contribution in [0.15, 0.2) is 85.1 Å². The topological polar surface area (TPSA) is 54.0 Å². The Labute approximate surface area is 151 Å². The van der Waals surface area contributed by atoms with E-state index in [0.29, 0.717) is 5.56 Å². The lowest BCUT2D eigenvalue weighted by atomic mass is 10.0. The number of nitrogens with one attached hydrogen (secondary N) is 2. The lowest BCUT2D eigenvalue weighted by molar-refractivity contribution is 0.0976. The molecule has 2 N–H and O–H groups in total. The summed E-state index contributed by atoms with van der Waals surface area (Å²) in [5.74, 6) is -0.245. The normalized spacial score (nSPS) is 11.4. The highest BCUT2D eigenvalue weighted by Gasteiger charge is 2.17. The van der Waals surface area contributed by atoms with Gasteiger partial charge in [-0.25, -0.2) is 0 Å². The van der Waals surface area contributed by atoms with Crippen LogP contribution in [0, 0.1) is 0 Å². The van der Waals surface area contributed by atoms with E-state index in [2.05, 4.69) is 15.6 Å². The summed E-state index contributed by atoms with van der Waals surface area (Å²) >= 11 is 5.34. The monoisotopic (exact) mass is 347 g/mol. The summed E-state index contributed by atoms with van der Waals surface area (Å²) in [6, 6.07) is 24.3. The molecule has 0 aliphatic heterocycles. The molecule has 0 fully saturated rings. The predicted molar refractivity (Wildman–Crippen MR) is 102 cm³/mol. The molecule has 1 heterocycles. The average molecular weight is 347 g/mol. The van der Waals surface area contributed by atoms with Crippen LogP contribution >= 0.6 is 12.2 Å². The molecule has 1 aromatic heterocycles. The number of hydrogen-bond acceptors (Lipinski definition) is 3. The van der Waals surface area contributed by atoms with Gasteiger partial charge < -0.3 is 5.32 Å². The van der Waals surface area contributed by atoms with Gasteiger partial charge in [-0.15, -0.1) is 0 Å². The Morgan fingerprint density at radius 2 is 1.52 bits per heavy atom. The van der Waals surface area contributed by atoms with E-state index < -0.39 is 0 Å². The lowest BCUT2D eigenvalue weighted by Crippen LogP contribution is -2.41. The van der Waals surface area contributed by atoms with Gasteiger partial charge in [-0.05, 0) is 42.0 Å². The Balaban J connectivity index is 1.76. The van der Waals surface area contributed by atoms with Crippen molar-refractivity contribution < 1.29 is 4.79 Å². The average Bonchev–Trinajstić information content (AvgIpc) is 2.68. The first-order valence-electron chi connectivity index (χ1n) is 7.87. The first-order valence-corrected chi connectivity index (χ1v) is 8.27. The van der Waals surface area contributed by atoms with E-state index >= 15 is 0 Å². The van der Waals surface area contributed by atoms with Gasteiger partial charge in [-0.3, -0.25) is 15.1 Å². The van der Waals surface area contributed by atoms with Crippen molar-refractivity contribution in [3.8, 4) is 0 Å². The van der Waals surface area contributed by atoms with Gasteiger partial charge in [0.25, 0.3) is 5.91 Å². The van der Waals surface area contributed by atoms with Crippen LogP contribution in [0.3, 0.4) is 0 Å². The smallest absolute Gasteiger partial charge is 0.257 e. The van der Waals surface area contributed by atoms with Crippen molar-refractivity contribution in [2.45, 2.75) is 6.04 Å². The maximum atomic E-state index is 12.3. The minimum atomic E-state index is -0.245. The van der Waals surface area contributed by atoms with Crippen LogP contribution in [0.4, 0.5) is 0 Å². The van der Waals surface area contributed by atoms with Crippen molar-refractivity contribution in [3.63, 3.8) is 0 Å². The highest BCUT2D eigenvalue weighted by atomic mass is 32.1. The van der Waals surface area contributed by atoms with Gasteiger partial charge >= 0.3 is 0 Å². The van der Waals surface area contributed by atoms with Crippen molar-refractivity contribution in [2.75, 3.05) is 0 Å². The first-order chi connectivity index (χ1) is 12.2. The fourth-order valence-corrected chi connectivity index (χ4v) is 2.66.